The molecule has 1 saturated heterocycles. The smallest absolute Gasteiger partial charge is 0.0175 e. The Morgan fingerprint density at radius 3 is 2.62 bits per heavy atom. The number of hydrogen-bond donors (Lipinski definition) is 1. The summed E-state index contributed by atoms with van der Waals surface area (Å²) in [4.78, 5) is 2.40. The van der Waals surface area contributed by atoms with Crippen molar-refractivity contribution >= 4 is 15.9 Å². The van der Waals surface area contributed by atoms with Crippen LogP contribution in [0.4, 0.5) is 0 Å². The van der Waals surface area contributed by atoms with Gasteiger partial charge in [0.25, 0.3) is 0 Å². The first kappa shape index (κ1) is 12.1. The van der Waals surface area contributed by atoms with Crippen molar-refractivity contribution in [2.24, 2.45) is 11.7 Å². The lowest BCUT2D eigenvalue weighted by molar-refractivity contribution is 0.371. The molecule has 0 aliphatic carbocycles. The fraction of sp³-hybridized carbons (Fsp3) is 0.538. The van der Waals surface area contributed by atoms with Crippen LogP contribution < -0.4 is 5.73 Å². The topological polar surface area (TPSA) is 29.3 Å². The molecule has 1 aromatic rings. The molecule has 1 fully saturated rings. The largest absolute Gasteiger partial charge is 0.330 e. The van der Waals surface area contributed by atoms with Gasteiger partial charge in [0.2, 0.25) is 0 Å². The molecule has 0 bridgehead atoms. The Balaban J connectivity index is 2.13. The Morgan fingerprint density at radius 1 is 1.44 bits per heavy atom. The number of benzene rings is 1. The third kappa shape index (κ3) is 2.65. The van der Waals surface area contributed by atoms with Gasteiger partial charge in [-0.25, -0.2) is 0 Å². The van der Waals surface area contributed by atoms with Crippen molar-refractivity contribution in [1.82, 2.24) is 4.90 Å². The third-order valence-electron chi connectivity index (χ3n) is 3.55. The van der Waals surface area contributed by atoms with Crippen molar-refractivity contribution in [3.05, 3.63) is 34.3 Å². The van der Waals surface area contributed by atoms with Gasteiger partial charge in [0, 0.05) is 16.9 Å². The van der Waals surface area contributed by atoms with Crippen LogP contribution in [0.5, 0.6) is 0 Å². The van der Waals surface area contributed by atoms with Gasteiger partial charge >= 0.3 is 0 Å². The normalized spacial score (nSPS) is 23.6. The molecule has 2 unspecified atom stereocenters. The van der Waals surface area contributed by atoms with Crippen LogP contribution in [0.3, 0.4) is 0 Å². The maximum atomic E-state index is 5.94. The molecule has 88 valence electrons. The van der Waals surface area contributed by atoms with Gasteiger partial charge in [0.05, 0.1) is 0 Å². The Hall–Kier alpha value is -0.380. The molecule has 0 amide bonds. The molecule has 1 heterocycles. The van der Waals surface area contributed by atoms with Gasteiger partial charge in [-0.2, -0.15) is 0 Å². The van der Waals surface area contributed by atoms with Crippen LogP contribution in [0.25, 0.3) is 0 Å². The highest BCUT2D eigenvalue weighted by Gasteiger charge is 2.27. The van der Waals surface area contributed by atoms with Crippen molar-refractivity contribution in [3.8, 4) is 0 Å². The summed E-state index contributed by atoms with van der Waals surface area (Å²) >= 11 is 3.47. The molecule has 0 spiro atoms. The molecule has 0 aromatic heterocycles. The van der Waals surface area contributed by atoms with Crippen molar-refractivity contribution in [1.29, 1.82) is 0 Å². The first-order chi connectivity index (χ1) is 7.70. The maximum absolute atomic E-state index is 5.94. The molecule has 2 nitrogen and oxygen atoms in total. The minimum atomic E-state index is 0.512. The first-order valence-corrected chi connectivity index (χ1v) is 6.64. The molecular formula is C13H19BrN2. The van der Waals surface area contributed by atoms with Gasteiger partial charge in [0.1, 0.15) is 0 Å². The lowest BCUT2D eigenvalue weighted by Gasteiger charge is -2.22. The lowest BCUT2D eigenvalue weighted by atomic mass is 9.85. The van der Waals surface area contributed by atoms with Crippen molar-refractivity contribution < 1.29 is 0 Å². The summed E-state index contributed by atoms with van der Waals surface area (Å²) in [5, 5.41) is 0. The lowest BCUT2D eigenvalue weighted by Crippen LogP contribution is -2.24. The van der Waals surface area contributed by atoms with E-state index < -0.39 is 0 Å². The molecule has 3 heteroatoms. The minimum Gasteiger partial charge on any atom is -0.330 e. The number of hydrogen-bond acceptors (Lipinski definition) is 2. The number of nitrogens with two attached hydrogens (primary N) is 1. The van der Waals surface area contributed by atoms with E-state index in [4.69, 9.17) is 5.73 Å². The molecule has 1 aromatic carbocycles. The summed E-state index contributed by atoms with van der Waals surface area (Å²) in [6.45, 7) is 3.13. The SMILES string of the molecule is CN1CCC(C(CN)c2ccc(Br)cc2)C1. The van der Waals surface area contributed by atoms with Crippen molar-refractivity contribution in [2.75, 3.05) is 26.7 Å². The fourth-order valence-corrected chi connectivity index (χ4v) is 2.87. The molecule has 0 saturated carbocycles. The Bertz CT molecular complexity index is 336. The summed E-state index contributed by atoms with van der Waals surface area (Å²) in [5.74, 6) is 1.23. The second-order valence-corrected chi connectivity index (χ2v) is 5.62. The van der Waals surface area contributed by atoms with Crippen LogP contribution in [-0.4, -0.2) is 31.6 Å². The van der Waals surface area contributed by atoms with E-state index in [1.165, 1.54) is 25.1 Å². The van der Waals surface area contributed by atoms with E-state index in [0.29, 0.717) is 5.92 Å². The fourth-order valence-electron chi connectivity index (χ4n) is 2.61. The number of nitrogens with zero attached hydrogens (tertiary/aromatic N) is 1. The average molecular weight is 283 g/mol. The van der Waals surface area contributed by atoms with E-state index in [1.807, 2.05) is 0 Å². The van der Waals surface area contributed by atoms with E-state index in [0.717, 1.165) is 16.9 Å². The number of likely N-dealkylation sites (tertiary alicyclic amines) is 1. The van der Waals surface area contributed by atoms with Crippen LogP contribution in [0, 0.1) is 5.92 Å². The standard InChI is InChI=1S/C13H19BrN2/c1-16-7-6-11(9-16)13(8-15)10-2-4-12(14)5-3-10/h2-5,11,13H,6-9,15H2,1H3. The quantitative estimate of drug-likeness (QED) is 0.923. The molecule has 2 atom stereocenters. The summed E-state index contributed by atoms with van der Waals surface area (Å²) in [6, 6.07) is 8.60. The Kier molecular flexibility index (Phi) is 4.00. The van der Waals surface area contributed by atoms with Crippen LogP contribution >= 0.6 is 15.9 Å². The summed E-state index contributed by atoms with van der Waals surface area (Å²) < 4.78 is 1.13. The van der Waals surface area contributed by atoms with E-state index in [-0.39, 0.29) is 0 Å². The monoisotopic (exact) mass is 282 g/mol. The molecule has 0 radical (unpaired) electrons. The first-order valence-electron chi connectivity index (χ1n) is 5.85. The highest BCUT2D eigenvalue weighted by atomic mass is 79.9. The number of rotatable bonds is 3. The molecule has 1 aliphatic heterocycles. The zero-order valence-electron chi connectivity index (χ0n) is 9.70. The molecule has 2 N–H and O–H groups in total. The van der Waals surface area contributed by atoms with E-state index in [1.54, 1.807) is 0 Å². The van der Waals surface area contributed by atoms with Gasteiger partial charge in [-0.3, -0.25) is 0 Å². The van der Waals surface area contributed by atoms with Gasteiger partial charge in [0.15, 0.2) is 0 Å². The Morgan fingerprint density at radius 2 is 2.12 bits per heavy atom. The zero-order valence-corrected chi connectivity index (χ0v) is 11.3. The summed E-state index contributed by atoms with van der Waals surface area (Å²) in [7, 11) is 2.19. The molecule has 1 aliphatic rings. The average Bonchev–Trinajstić information content (AvgIpc) is 2.69. The van der Waals surface area contributed by atoms with Gasteiger partial charge in [-0.05, 0) is 50.2 Å². The maximum Gasteiger partial charge on any atom is 0.0175 e. The third-order valence-corrected chi connectivity index (χ3v) is 4.08. The second-order valence-electron chi connectivity index (χ2n) is 4.70. The second kappa shape index (κ2) is 5.30. The Labute approximate surface area is 106 Å². The van der Waals surface area contributed by atoms with E-state index in [2.05, 4.69) is 52.1 Å². The van der Waals surface area contributed by atoms with Crippen LogP contribution in [0.15, 0.2) is 28.7 Å². The predicted molar refractivity (Wildman–Crippen MR) is 71.5 cm³/mol. The van der Waals surface area contributed by atoms with E-state index >= 15 is 0 Å². The van der Waals surface area contributed by atoms with Crippen molar-refractivity contribution in [3.63, 3.8) is 0 Å². The zero-order chi connectivity index (χ0) is 11.5. The van der Waals surface area contributed by atoms with Gasteiger partial charge < -0.3 is 10.6 Å². The highest BCUT2D eigenvalue weighted by molar-refractivity contribution is 9.10. The summed E-state index contributed by atoms with van der Waals surface area (Å²) in [6.07, 6.45) is 1.27. The van der Waals surface area contributed by atoms with Crippen molar-refractivity contribution in [2.45, 2.75) is 12.3 Å². The molecule has 16 heavy (non-hydrogen) atoms. The molecule has 2 rings (SSSR count). The van der Waals surface area contributed by atoms with Crippen LogP contribution in [-0.2, 0) is 0 Å². The van der Waals surface area contributed by atoms with Gasteiger partial charge in [-0.15, -0.1) is 0 Å². The predicted octanol–water partition coefficient (Wildman–Crippen LogP) is 2.44. The van der Waals surface area contributed by atoms with Gasteiger partial charge in [-0.1, -0.05) is 28.1 Å². The number of halogens is 1. The summed E-state index contributed by atoms with van der Waals surface area (Å²) in [5.41, 5.74) is 7.32. The van der Waals surface area contributed by atoms with Crippen LogP contribution in [0.1, 0.15) is 17.9 Å². The minimum absolute atomic E-state index is 0.512. The van der Waals surface area contributed by atoms with Crippen LogP contribution in [0.2, 0.25) is 0 Å². The highest BCUT2D eigenvalue weighted by Crippen LogP contribution is 2.31. The molecular weight excluding hydrogens is 264 g/mol. The van der Waals surface area contributed by atoms with E-state index in [9.17, 15) is 0 Å².